The number of methoxy groups -OCH3 is 2. The van der Waals surface area contributed by atoms with Crippen LogP contribution in [0.15, 0.2) is 12.1 Å². The van der Waals surface area contributed by atoms with Crippen LogP contribution in [0.25, 0.3) is 0 Å². The topological polar surface area (TPSA) is 56.8 Å². The molecule has 0 spiro atoms. The predicted octanol–water partition coefficient (Wildman–Crippen LogP) is 3.02. The lowest BCUT2D eigenvalue weighted by atomic mass is 9.87. The molecular formula is C18H26FNO4. The fourth-order valence-electron chi connectivity index (χ4n) is 3.25. The molecule has 0 aromatic heterocycles. The molecule has 1 aromatic rings. The lowest BCUT2D eigenvalue weighted by molar-refractivity contribution is -0.0510. The molecule has 1 aliphatic heterocycles. The molecule has 0 radical (unpaired) electrons. The zero-order chi connectivity index (χ0) is 17.7. The van der Waals surface area contributed by atoms with Crippen molar-refractivity contribution < 1.29 is 23.4 Å². The van der Waals surface area contributed by atoms with Gasteiger partial charge in [0.1, 0.15) is 11.4 Å². The van der Waals surface area contributed by atoms with E-state index in [0.717, 1.165) is 19.4 Å². The maximum atomic E-state index is 14.2. The SMILES string of the molecule is COc1ccc(F)c(C(=O)NCC2CCCOC2C(C)C)c1OC. The minimum Gasteiger partial charge on any atom is -0.493 e. The third-order valence-corrected chi connectivity index (χ3v) is 4.40. The van der Waals surface area contributed by atoms with E-state index in [1.165, 1.54) is 26.4 Å². The minimum atomic E-state index is -0.634. The third kappa shape index (κ3) is 3.98. The number of amides is 1. The Hall–Kier alpha value is -1.82. The van der Waals surface area contributed by atoms with E-state index in [0.29, 0.717) is 18.2 Å². The number of rotatable bonds is 6. The zero-order valence-corrected chi connectivity index (χ0v) is 14.7. The number of nitrogens with one attached hydrogen (secondary N) is 1. The molecule has 6 heteroatoms. The van der Waals surface area contributed by atoms with E-state index in [1.54, 1.807) is 0 Å². The normalized spacial score (nSPS) is 20.8. The van der Waals surface area contributed by atoms with Crippen LogP contribution in [0.1, 0.15) is 37.0 Å². The van der Waals surface area contributed by atoms with Gasteiger partial charge in [-0.15, -0.1) is 0 Å². The van der Waals surface area contributed by atoms with Gasteiger partial charge in [0.2, 0.25) is 0 Å². The highest BCUT2D eigenvalue weighted by atomic mass is 19.1. The Bertz CT molecular complexity index is 576. The first-order valence-corrected chi connectivity index (χ1v) is 8.29. The number of benzene rings is 1. The largest absolute Gasteiger partial charge is 0.493 e. The number of ether oxygens (including phenoxy) is 3. The maximum Gasteiger partial charge on any atom is 0.258 e. The number of hydrogen-bond acceptors (Lipinski definition) is 4. The second-order valence-corrected chi connectivity index (χ2v) is 6.35. The van der Waals surface area contributed by atoms with E-state index >= 15 is 0 Å². The average Bonchev–Trinajstić information content (AvgIpc) is 2.59. The molecule has 2 unspecified atom stereocenters. The van der Waals surface area contributed by atoms with Crippen molar-refractivity contribution >= 4 is 5.91 Å². The van der Waals surface area contributed by atoms with E-state index in [-0.39, 0.29) is 23.3 Å². The van der Waals surface area contributed by atoms with Gasteiger partial charge in [-0.05, 0) is 30.9 Å². The van der Waals surface area contributed by atoms with Gasteiger partial charge in [-0.2, -0.15) is 0 Å². The van der Waals surface area contributed by atoms with Crippen LogP contribution in [0.2, 0.25) is 0 Å². The Morgan fingerprint density at radius 1 is 1.38 bits per heavy atom. The Labute approximate surface area is 142 Å². The monoisotopic (exact) mass is 339 g/mol. The molecule has 134 valence electrons. The standard InChI is InChI=1S/C18H26FNO4/c1-11(2)16-12(6-5-9-24-16)10-20-18(21)15-13(19)7-8-14(22-3)17(15)23-4/h7-8,11-12,16H,5-6,9-10H2,1-4H3,(H,20,21). The summed E-state index contributed by atoms with van der Waals surface area (Å²) < 4.78 is 30.3. The van der Waals surface area contributed by atoms with Crippen LogP contribution in [0.5, 0.6) is 11.5 Å². The molecule has 1 amide bonds. The molecule has 0 aliphatic carbocycles. The quantitative estimate of drug-likeness (QED) is 0.865. The molecule has 1 heterocycles. The Kier molecular flexibility index (Phi) is 6.43. The van der Waals surface area contributed by atoms with Gasteiger partial charge in [-0.1, -0.05) is 13.8 Å². The Morgan fingerprint density at radius 3 is 2.75 bits per heavy atom. The molecule has 1 N–H and O–H groups in total. The van der Waals surface area contributed by atoms with Gasteiger partial charge < -0.3 is 19.5 Å². The van der Waals surface area contributed by atoms with Crippen LogP contribution in [-0.4, -0.2) is 39.4 Å². The first-order valence-electron chi connectivity index (χ1n) is 8.29. The summed E-state index contributed by atoms with van der Waals surface area (Å²) >= 11 is 0. The van der Waals surface area contributed by atoms with Crippen molar-refractivity contribution in [3.8, 4) is 11.5 Å². The Morgan fingerprint density at radius 2 is 2.12 bits per heavy atom. The van der Waals surface area contributed by atoms with Crippen molar-refractivity contribution in [2.45, 2.75) is 32.8 Å². The molecule has 1 aromatic carbocycles. The highest BCUT2D eigenvalue weighted by molar-refractivity contribution is 5.98. The van der Waals surface area contributed by atoms with Crippen molar-refractivity contribution in [2.24, 2.45) is 11.8 Å². The number of hydrogen-bond donors (Lipinski definition) is 1. The summed E-state index contributed by atoms with van der Waals surface area (Å²) in [7, 11) is 2.84. The molecule has 2 atom stereocenters. The summed E-state index contributed by atoms with van der Waals surface area (Å²) in [4.78, 5) is 12.5. The molecule has 1 aliphatic rings. The minimum absolute atomic E-state index is 0.107. The van der Waals surface area contributed by atoms with Crippen molar-refractivity contribution in [3.63, 3.8) is 0 Å². The summed E-state index contributed by atoms with van der Waals surface area (Å²) in [6.45, 7) is 5.41. The van der Waals surface area contributed by atoms with Crippen LogP contribution in [-0.2, 0) is 4.74 Å². The second kappa shape index (κ2) is 8.33. The van der Waals surface area contributed by atoms with E-state index in [4.69, 9.17) is 14.2 Å². The second-order valence-electron chi connectivity index (χ2n) is 6.35. The van der Waals surface area contributed by atoms with Gasteiger partial charge in [0.25, 0.3) is 5.91 Å². The number of carbonyl (C=O) groups is 1. The summed E-state index contributed by atoms with van der Waals surface area (Å²) in [5.41, 5.74) is -0.130. The summed E-state index contributed by atoms with van der Waals surface area (Å²) in [5, 5.41) is 2.83. The van der Waals surface area contributed by atoms with Crippen molar-refractivity contribution in [1.82, 2.24) is 5.32 Å². The molecule has 0 bridgehead atoms. The van der Waals surface area contributed by atoms with Gasteiger partial charge in [0, 0.05) is 19.1 Å². The van der Waals surface area contributed by atoms with Gasteiger partial charge in [0.05, 0.1) is 20.3 Å². The van der Waals surface area contributed by atoms with Crippen molar-refractivity contribution in [1.29, 1.82) is 0 Å². The van der Waals surface area contributed by atoms with Gasteiger partial charge in [0.15, 0.2) is 11.5 Å². The molecule has 5 nitrogen and oxygen atoms in total. The maximum absolute atomic E-state index is 14.2. The molecular weight excluding hydrogens is 313 g/mol. The van der Waals surface area contributed by atoms with Crippen LogP contribution >= 0.6 is 0 Å². The molecule has 24 heavy (non-hydrogen) atoms. The first-order chi connectivity index (χ1) is 11.5. The third-order valence-electron chi connectivity index (χ3n) is 4.40. The van der Waals surface area contributed by atoms with Crippen molar-refractivity contribution in [2.75, 3.05) is 27.4 Å². The molecule has 1 fully saturated rings. The molecule has 2 rings (SSSR count). The fourth-order valence-corrected chi connectivity index (χ4v) is 3.25. The highest BCUT2D eigenvalue weighted by Crippen LogP contribution is 2.33. The summed E-state index contributed by atoms with van der Waals surface area (Å²) in [6, 6.07) is 2.64. The molecule has 0 saturated carbocycles. The fraction of sp³-hybridized carbons (Fsp3) is 0.611. The van der Waals surface area contributed by atoms with Gasteiger partial charge in [-0.25, -0.2) is 4.39 Å². The van der Waals surface area contributed by atoms with Crippen molar-refractivity contribution in [3.05, 3.63) is 23.5 Å². The summed E-state index contributed by atoms with van der Waals surface area (Å²) in [5.74, 6) is -0.111. The van der Waals surface area contributed by atoms with E-state index in [9.17, 15) is 9.18 Å². The predicted molar refractivity (Wildman–Crippen MR) is 89.1 cm³/mol. The lowest BCUT2D eigenvalue weighted by Crippen LogP contribution is -2.41. The smallest absolute Gasteiger partial charge is 0.258 e. The number of halogens is 1. The van der Waals surface area contributed by atoms with Gasteiger partial charge in [-0.3, -0.25) is 4.79 Å². The highest BCUT2D eigenvalue weighted by Gasteiger charge is 2.30. The van der Waals surface area contributed by atoms with E-state index in [1.807, 2.05) is 0 Å². The number of carbonyl (C=O) groups excluding carboxylic acids is 1. The Balaban J connectivity index is 2.12. The van der Waals surface area contributed by atoms with Gasteiger partial charge >= 0.3 is 0 Å². The summed E-state index contributed by atoms with van der Waals surface area (Å²) in [6.07, 6.45) is 2.07. The van der Waals surface area contributed by atoms with Crippen LogP contribution in [0, 0.1) is 17.7 Å². The molecule has 1 saturated heterocycles. The van der Waals surface area contributed by atoms with E-state index in [2.05, 4.69) is 19.2 Å². The zero-order valence-electron chi connectivity index (χ0n) is 14.7. The average molecular weight is 339 g/mol. The first kappa shape index (κ1) is 18.5. The van der Waals surface area contributed by atoms with Crippen LogP contribution in [0.4, 0.5) is 4.39 Å². The van der Waals surface area contributed by atoms with Crippen LogP contribution < -0.4 is 14.8 Å². The lowest BCUT2D eigenvalue weighted by Gasteiger charge is -2.34. The van der Waals surface area contributed by atoms with E-state index < -0.39 is 11.7 Å². The van der Waals surface area contributed by atoms with Crippen LogP contribution in [0.3, 0.4) is 0 Å².